The van der Waals surface area contributed by atoms with E-state index in [4.69, 9.17) is 14.7 Å². The highest BCUT2D eigenvalue weighted by atomic mass is 32.2. The van der Waals surface area contributed by atoms with Gasteiger partial charge in [0.1, 0.15) is 0 Å². The number of aromatic nitrogens is 1. The molecule has 39 heavy (non-hydrogen) atoms. The highest BCUT2D eigenvalue weighted by Gasteiger charge is 2.32. The lowest BCUT2D eigenvalue weighted by atomic mass is 10.0. The van der Waals surface area contributed by atoms with E-state index in [0.717, 1.165) is 21.7 Å². The first-order valence-electron chi connectivity index (χ1n) is 12.9. The molecule has 0 saturated carbocycles. The molecule has 9 nitrogen and oxygen atoms in total. The zero-order valence-corrected chi connectivity index (χ0v) is 22.3. The number of amides is 2. The number of hydrogen-bond acceptors (Lipinski definition) is 8. The third-order valence-corrected chi connectivity index (χ3v) is 7.37. The maximum Gasteiger partial charge on any atom is 0.243 e. The molecule has 0 unspecified atom stereocenters. The molecular formula is C29H33N3O6S. The first-order chi connectivity index (χ1) is 19.0. The fourth-order valence-corrected chi connectivity index (χ4v) is 5.13. The predicted octanol–water partition coefficient (Wildman–Crippen LogP) is 4.92. The summed E-state index contributed by atoms with van der Waals surface area (Å²) < 4.78 is 12.8. The number of nitrogens with one attached hydrogen (secondary N) is 2. The minimum absolute atomic E-state index is 0.0165. The lowest BCUT2D eigenvalue weighted by Gasteiger charge is -2.36. The number of pyridine rings is 1. The van der Waals surface area contributed by atoms with Gasteiger partial charge in [-0.05, 0) is 48.2 Å². The van der Waals surface area contributed by atoms with E-state index in [-0.39, 0.29) is 37.6 Å². The molecule has 10 heteroatoms. The molecule has 4 N–H and O–H groups in total. The van der Waals surface area contributed by atoms with Crippen LogP contribution in [0.4, 0.5) is 5.69 Å². The number of ether oxygens (including phenoxy) is 2. The van der Waals surface area contributed by atoms with Gasteiger partial charge in [0.25, 0.3) is 0 Å². The number of aliphatic hydroxyl groups excluding tert-OH is 1. The highest BCUT2D eigenvalue weighted by molar-refractivity contribution is 7.99. The number of hydrogen-bond donors (Lipinski definition) is 4. The van der Waals surface area contributed by atoms with E-state index in [1.54, 1.807) is 23.4 Å². The molecule has 1 fully saturated rings. The molecule has 0 radical (unpaired) electrons. The molecule has 3 aromatic rings. The minimum Gasteiger partial charge on any atom is -0.392 e. The van der Waals surface area contributed by atoms with E-state index in [1.807, 2.05) is 66.7 Å². The van der Waals surface area contributed by atoms with Crippen molar-refractivity contribution in [3.63, 3.8) is 0 Å². The molecule has 2 amide bonds. The van der Waals surface area contributed by atoms with Gasteiger partial charge >= 0.3 is 0 Å². The zero-order chi connectivity index (χ0) is 27.5. The summed E-state index contributed by atoms with van der Waals surface area (Å²) in [5.74, 6) is 0.0795. The van der Waals surface area contributed by atoms with Crippen molar-refractivity contribution in [1.82, 2.24) is 10.5 Å². The Labute approximate surface area is 231 Å². The number of anilines is 1. The lowest BCUT2D eigenvalue weighted by molar-refractivity contribution is -0.245. The fraction of sp³-hybridized carbons (Fsp3) is 0.345. The van der Waals surface area contributed by atoms with Crippen molar-refractivity contribution >= 4 is 29.3 Å². The van der Waals surface area contributed by atoms with Crippen LogP contribution in [0.15, 0.2) is 78.0 Å². The van der Waals surface area contributed by atoms with Gasteiger partial charge < -0.3 is 19.9 Å². The van der Waals surface area contributed by atoms with Gasteiger partial charge in [-0.15, -0.1) is 11.8 Å². The Bertz CT molecular complexity index is 1210. The topological polar surface area (TPSA) is 130 Å². The van der Waals surface area contributed by atoms with Gasteiger partial charge in [0.2, 0.25) is 11.8 Å². The van der Waals surface area contributed by atoms with Crippen LogP contribution in [0.3, 0.4) is 0 Å². The van der Waals surface area contributed by atoms with Gasteiger partial charge in [-0.25, -0.2) is 10.5 Å². The molecule has 0 aliphatic carbocycles. The largest absolute Gasteiger partial charge is 0.392 e. The lowest BCUT2D eigenvalue weighted by Crippen LogP contribution is -2.31. The van der Waals surface area contributed by atoms with Crippen LogP contribution in [0.2, 0.25) is 0 Å². The van der Waals surface area contributed by atoms with Gasteiger partial charge in [-0.3, -0.25) is 14.8 Å². The Kier molecular flexibility index (Phi) is 10.9. The van der Waals surface area contributed by atoms with Crippen LogP contribution in [0, 0.1) is 0 Å². The van der Waals surface area contributed by atoms with Gasteiger partial charge in [0.15, 0.2) is 6.29 Å². The van der Waals surface area contributed by atoms with Crippen LogP contribution in [0.5, 0.6) is 0 Å². The number of carbonyl (C=O) groups is 2. The maximum absolute atomic E-state index is 12.4. The van der Waals surface area contributed by atoms with E-state index in [2.05, 4.69) is 10.3 Å². The monoisotopic (exact) mass is 551 g/mol. The van der Waals surface area contributed by atoms with Crippen molar-refractivity contribution in [3.05, 3.63) is 89.6 Å². The maximum atomic E-state index is 12.4. The SMILES string of the molecule is O=C(CCCCC(=O)Nc1cccc([C@H]2O[C@@H](CSc3ccccn3)C[C@@H](c3ccc(CO)cc3)O2)c1)NO. The molecule has 0 spiro atoms. The second-order valence-electron chi connectivity index (χ2n) is 9.24. The second-order valence-corrected chi connectivity index (χ2v) is 10.3. The molecule has 2 heterocycles. The second kappa shape index (κ2) is 14.8. The Morgan fingerprint density at radius 1 is 0.949 bits per heavy atom. The molecule has 4 rings (SSSR count). The molecule has 0 bridgehead atoms. The van der Waals surface area contributed by atoms with Crippen molar-refractivity contribution in [2.24, 2.45) is 0 Å². The number of nitrogens with zero attached hydrogens (tertiary/aromatic N) is 1. The molecule has 1 aromatic heterocycles. The number of carbonyl (C=O) groups excluding carboxylic acids is 2. The van der Waals surface area contributed by atoms with E-state index in [9.17, 15) is 14.7 Å². The molecule has 3 atom stereocenters. The number of rotatable bonds is 12. The van der Waals surface area contributed by atoms with Gasteiger partial charge in [-0.1, -0.05) is 42.5 Å². The zero-order valence-electron chi connectivity index (χ0n) is 21.5. The average molecular weight is 552 g/mol. The summed E-state index contributed by atoms with van der Waals surface area (Å²) in [5.41, 5.74) is 4.86. The van der Waals surface area contributed by atoms with E-state index in [0.29, 0.717) is 30.7 Å². The van der Waals surface area contributed by atoms with Gasteiger partial charge in [0.05, 0.1) is 23.8 Å². The van der Waals surface area contributed by atoms with Crippen LogP contribution in [0.25, 0.3) is 0 Å². The molecule has 2 aromatic carbocycles. The summed E-state index contributed by atoms with van der Waals surface area (Å²) in [6.45, 7) is -0.0165. The van der Waals surface area contributed by atoms with E-state index >= 15 is 0 Å². The molecule has 1 saturated heterocycles. The Balaban J connectivity index is 1.43. The van der Waals surface area contributed by atoms with Crippen LogP contribution < -0.4 is 10.8 Å². The summed E-state index contributed by atoms with van der Waals surface area (Å²) in [5, 5.41) is 21.8. The molecule has 206 valence electrons. The standard InChI is InChI=1S/C29H33N3O6S/c33-18-20-11-13-21(14-12-20)25-17-24(19-39-28-10-3-4-15-30-28)37-29(38-25)22-6-5-7-23(16-22)31-26(34)8-1-2-9-27(35)32-36/h3-7,10-16,24-25,29,33,36H,1-2,8-9,17-19H2,(H,31,34)(H,32,35)/t24-,25+,29+/m1/s1. The minimum atomic E-state index is -0.635. The molecule has 1 aliphatic heterocycles. The summed E-state index contributed by atoms with van der Waals surface area (Å²) in [6, 6.07) is 21.0. The van der Waals surface area contributed by atoms with E-state index < -0.39 is 12.2 Å². The first-order valence-corrected chi connectivity index (χ1v) is 13.9. The Morgan fingerprint density at radius 2 is 1.74 bits per heavy atom. The molecular weight excluding hydrogens is 518 g/mol. The number of thioether (sulfide) groups is 1. The van der Waals surface area contributed by atoms with Crippen molar-refractivity contribution in [1.29, 1.82) is 0 Å². The number of unbranched alkanes of at least 4 members (excludes halogenated alkanes) is 1. The molecule has 1 aliphatic rings. The smallest absolute Gasteiger partial charge is 0.243 e. The Morgan fingerprint density at radius 3 is 2.46 bits per heavy atom. The summed E-state index contributed by atoms with van der Waals surface area (Å²) in [4.78, 5) is 27.9. The van der Waals surface area contributed by atoms with Crippen molar-refractivity contribution in [3.8, 4) is 0 Å². The summed E-state index contributed by atoms with van der Waals surface area (Å²) in [7, 11) is 0. The van der Waals surface area contributed by atoms with Crippen LogP contribution in [-0.2, 0) is 25.7 Å². The quantitative estimate of drug-likeness (QED) is 0.108. The third kappa shape index (κ3) is 8.87. The van der Waals surface area contributed by atoms with Crippen LogP contribution in [-0.4, -0.2) is 39.0 Å². The summed E-state index contributed by atoms with van der Waals surface area (Å²) in [6.07, 6.45) is 2.95. The number of benzene rings is 2. The third-order valence-electron chi connectivity index (χ3n) is 6.29. The van der Waals surface area contributed by atoms with Crippen LogP contribution >= 0.6 is 11.8 Å². The first kappa shape index (κ1) is 28.7. The van der Waals surface area contributed by atoms with Crippen molar-refractivity contribution in [2.45, 2.75) is 62.2 Å². The highest BCUT2D eigenvalue weighted by Crippen LogP contribution is 2.39. The van der Waals surface area contributed by atoms with Gasteiger partial charge in [0, 0.05) is 42.5 Å². The fourth-order valence-electron chi connectivity index (χ4n) is 4.25. The van der Waals surface area contributed by atoms with Crippen LogP contribution in [0.1, 0.15) is 61.2 Å². The number of hydroxylamine groups is 1. The van der Waals surface area contributed by atoms with Crippen molar-refractivity contribution in [2.75, 3.05) is 11.1 Å². The van der Waals surface area contributed by atoms with Gasteiger partial charge in [-0.2, -0.15) is 0 Å². The predicted molar refractivity (Wildman–Crippen MR) is 147 cm³/mol. The number of aliphatic hydroxyl groups is 1. The average Bonchev–Trinajstić information content (AvgIpc) is 2.98. The van der Waals surface area contributed by atoms with Crippen molar-refractivity contribution < 1.29 is 29.4 Å². The van der Waals surface area contributed by atoms with E-state index in [1.165, 1.54) is 0 Å². The normalized spacial score (nSPS) is 18.9. The Hall–Kier alpha value is -3.28. The summed E-state index contributed by atoms with van der Waals surface area (Å²) >= 11 is 1.63.